The molecule has 2 aromatic carbocycles. The van der Waals surface area contributed by atoms with E-state index in [9.17, 15) is 9.59 Å². The molecular formula is C29H37N3O2. The number of aromatic nitrogens is 2. The summed E-state index contributed by atoms with van der Waals surface area (Å²) in [6.45, 7) is 9.14. The van der Waals surface area contributed by atoms with Gasteiger partial charge in [-0.15, -0.1) is 0 Å². The number of rotatable bonds is 10. The standard InChI is InChI=1S/C29H37N3O2/c1-5-7-8-11-18-31(28(33)22-15-16-22)26(6-2)27-30-25-13-10-9-12-24(25)29(34)32(27)23-17-14-20(3)21(4)19-23/h9-10,12-14,17,19,22,26H,5-8,11,15-16,18H2,1-4H3. The molecule has 1 aromatic heterocycles. The first-order valence-electron chi connectivity index (χ1n) is 12.9. The minimum atomic E-state index is -0.242. The fourth-order valence-electron chi connectivity index (χ4n) is 4.72. The maximum Gasteiger partial charge on any atom is 0.266 e. The molecule has 1 aliphatic rings. The molecule has 0 saturated heterocycles. The largest absolute Gasteiger partial charge is 0.332 e. The Labute approximate surface area is 202 Å². The third-order valence-electron chi connectivity index (χ3n) is 7.07. The van der Waals surface area contributed by atoms with Gasteiger partial charge < -0.3 is 4.90 Å². The van der Waals surface area contributed by atoms with E-state index in [2.05, 4.69) is 39.8 Å². The van der Waals surface area contributed by atoms with Crippen LogP contribution in [0.5, 0.6) is 0 Å². The van der Waals surface area contributed by atoms with Gasteiger partial charge >= 0.3 is 0 Å². The highest BCUT2D eigenvalue weighted by molar-refractivity contribution is 5.82. The number of carbonyl (C=O) groups excluding carboxylic acids is 1. The number of nitrogens with zero attached hydrogens (tertiary/aromatic N) is 3. The molecule has 1 fully saturated rings. The van der Waals surface area contributed by atoms with Gasteiger partial charge in [0.2, 0.25) is 5.91 Å². The average Bonchev–Trinajstić information content (AvgIpc) is 3.68. The van der Waals surface area contributed by atoms with E-state index < -0.39 is 0 Å². The summed E-state index contributed by atoms with van der Waals surface area (Å²) >= 11 is 0. The van der Waals surface area contributed by atoms with Crippen LogP contribution in [0.1, 0.15) is 81.8 Å². The lowest BCUT2D eigenvalue weighted by molar-refractivity contribution is -0.135. The van der Waals surface area contributed by atoms with Crippen molar-refractivity contribution in [1.82, 2.24) is 14.5 Å². The highest BCUT2D eigenvalue weighted by Gasteiger charge is 2.37. The van der Waals surface area contributed by atoms with Crippen molar-refractivity contribution >= 4 is 16.8 Å². The third kappa shape index (κ3) is 4.94. The number of fused-ring (bicyclic) bond motifs is 1. The minimum absolute atomic E-state index is 0.0768. The van der Waals surface area contributed by atoms with Crippen LogP contribution in [-0.2, 0) is 4.79 Å². The maximum atomic E-state index is 13.8. The number of hydrogen-bond acceptors (Lipinski definition) is 3. The topological polar surface area (TPSA) is 55.2 Å². The maximum absolute atomic E-state index is 13.8. The van der Waals surface area contributed by atoms with Crippen LogP contribution in [0, 0.1) is 19.8 Å². The number of unbranched alkanes of at least 4 members (excludes halogenated alkanes) is 3. The Morgan fingerprint density at radius 3 is 2.50 bits per heavy atom. The number of carbonyl (C=O) groups is 1. The van der Waals surface area contributed by atoms with Gasteiger partial charge in [-0.2, -0.15) is 0 Å². The molecule has 0 spiro atoms. The summed E-state index contributed by atoms with van der Waals surface area (Å²) < 4.78 is 1.75. The van der Waals surface area contributed by atoms with Crippen molar-refractivity contribution < 1.29 is 4.79 Å². The summed E-state index contributed by atoms with van der Waals surface area (Å²) in [7, 11) is 0. The van der Waals surface area contributed by atoms with Crippen molar-refractivity contribution in [3.63, 3.8) is 0 Å². The van der Waals surface area contributed by atoms with Crippen molar-refractivity contribution in [2.75, 3.05) is 6.54 Å². The van der Waals surface area contributed by atoms with Crippen molar-refractivity contribution in [2.45, 2.75) is 78.7 Å². The van der Waals surface area contributed by atoms with E-state index in [-0.39, 0.29) is 23.4 Å². The second-order valence-electron chi connectivity index (χ2n) is 9.69. The quantitative estimate of drug-likeness (QED) is 0.336. The van der Waals surface area contributed by atoms with Crippen molar-refractivity contribution in [3.8, 4) is 5.69 Å². The van der Waals surface area contributed by atoms with E-state index in [1.807, 2.05) is 35.2 Å². The van der Waals surface area contributed by atoms with Crippen LogP contribution in [0.25, 0.3) is 16.6 Å². The van der Waals surface area contributed by atoms with E-state index in [1.54, 1.807) is 4.57 Å². The SMILES string of the molecule is CCCCCCN(C(=O)C1CC1)C(CC)c1nc2ccccc2c(=O)n1-c1ccc(C)c(C)c1. The Kier molecular flexibility index (Phi) is 7.50. The first-order valence-corrected chi connectivity index (χ1v) is 12.9. The lowest BCUT2D eigenvalue weighted by Crippen LogP contribution is -2.40. The number of aryl methyl sites for hydroxylation is 2. The number of hydrogen-bond donors (Lipinski definition) is 0. The van der Waals surface area contributed by atoms with Crippen LogP contribution in [0.3, 0.4) is 0 Å². The summed E-state index contributed by atoms with van der Waals surface area (Å²) in [4.78, 5) is 34.3. The van der Waals surface area contributed by atoms with Gasteiger partial charge in [-0.1, -0.05) is 51.3 Å². The molecule has 34 heavy (non-hydrogen) atoms. The van der Waals surface area contributed by atoms with Crippen LogP contribution in [0.15, 0.2) is 47.3 Å². The van der Waals surface area contributed by atoms with Crippen LogP contribution < -0.4 is 5.56 Å². The molecule has 0 bridgehead atoms. The molecule has 1 amide bonds. The molecule has 3 aromatic rings. The van der Waals surface area contributed by atoms with Gasteiger partial charge in [-0.25, -0.2) is 4.98 Å². The summed E-state index contributed by atoms with van der Waals surface area (Å²) in [5.74, 6) is 1.01. The second kappa shape index (κ2) is 10.5. The van der Waals surface area contributed by atoms with E-state index in [0.717, 1.165) is 43.4 Å². The molecule has 5 nitrogen and oxygen atoms in total. The summed E-state index contributed by atoms with van der Waals surface area (Å²) in [5, 5.41) is 0.599. The van der Waals surface area contributed by atoms with E-state index in [4.69, 9.17) is 4.98 Å². The monoisotopic (exact) mass is 459 g/mol. The Balaban J connectivity index is 1.87. The fourth-order valence-corrected chi connectivity index (χ4v) is 4.72. The van der Waals surface area contributed by atoms with Crippen molar-refractivity contribution in [3.05, 3.63) is 69.8 Å². The number of para-hydroxylation sites is 1. The van der Waals surface area contributed by atoms with Gasteiger partial charge in [-0.3, -0.25) is 14.2 Å². The molecule has 5 heteroatoms. The third-order valence-corrected chi connectivity index (χ3v) is 7.07. The normalized spacial score (nSPS) is 14.4. The van der Waals surface area contributed by atoms with E-state index in [1.165, 1.54) is 12.0 Å². The van der Waals surface area contributed by atoms with Crippen LogP contribution in [0.2, 0.25) is 0 Å². The first-order chi connectivity index (χ1) is 16.5. The minimum Gasteiger partial charge on any atom is -0.332 e. The number of amides is 1. The second-order valence-corrected chi connectivity index (χ2v) is 9.69. The fraction of sp³-hybridized carbons (Fsp3) is 0.483. The van der Waals surface area contributed by atoms with Crippen LogP contribution in [0.4, 0.5) is 0 Å². The molecular weight excluding hydrogens is 422 g/mol. The van der Waals surface area contributed by atoms with Gasteiger partial charge in [0.1, 0.15) is 5.82 Å². The molecule has 0 N–H and O–H groups in total. The van der Waals surface area contributed by atoms with Crippen LogP contribution >= 0.6 is 0 Å². The Hall–Kier alpha value is -2.95. The molecule has 180 valence electrons. The first kappa shape index (κ1) is 24.2. The van der Waals surface area contributed by atoms with Crippen LogP contribution in [-0.4, -0.2) is 26.9 Å². The highest BCUT2D eigenvalue weighted by atomic mass is 16.2. The lowest BCUT2D eigenvalue weighted by Gasteiger charge is -2.33. The zero-order chi connectivity index (χ0) is 24.2. The molecule has 1 atom stereocenters. The number of benzene rings is 2. The van der Waals surface area contributed by atoms with E-state index in [0.29, 0.717) is 29.7 Å². The Bertz CT molecular complexity index is 1230. The van der Waals surface area contributed by atoms with Crippen molar-refractivity contribution in [1.29, 1.82) is 0 Å². The lowest BCUT2D eigenvalue weighted by atomic mass is 10.1. The molecule has 1 aliphatic carbocycles. The zero-order valence-corrected chi connectivity index (χ0v) is 21.0. The predicted molar refractivity (Wildman–Crippen MR) is 138 cm³/mol. The Morgan fingerprint density at radius 2 is 1.82 bits per heavy atom. The molecule has 1 unspecified atom stereocenters. The molecule has 0 aliphatic heterocycles. The van der Waals surface area contributed by atoms with Gasteiger partial charge in [0, 0.05) is 12.5 Å². The smallest absolute Gasteiger partial charge is 0.266 e. The highest BCUT2D eigenvalue weighted by Crippen LogP contribution is 2.35. The average molecular weight is 460 g/mol. The van der Waals surface area contributed by atoms with Crippen molar-refractivity contribution in [2.24, 2.45) is 5.92 Å². The summed E-state index contributed by atoms with van der Waals surface area (Å²) in [6.07, 6.45) is 7.06. The predicted octanol–water partition coefficient (Wildman–Crippen LogP) is 6.27. The molecule has 4 rings (SSSR count). The van der Waals surface area contributed by atoms with Gasteiger partial charge in [0.25, 0.3) is 5.56 Å². The molecule has 1 saturated carbocycles. The van der Waals surface area contributed by atoms with E-state index >= 15 is 0 Å². The van der Waals surface area contributed by atoms with Gasteiger partial charge in [-0.05, 0) is 74.9 Å². The molecule has 1 heterocycles. The Morgan fingerprint density at radius 1 is 1.06 bits per heavy atom. The summed E-state index contributed by atoms with van der Waals surface area (Å²) in [5.41, 5.74) is 3.73. The zero-order valence-electron chi connectivity index (χ0n) is 21.0. The summed E-state index contributed by atoms with van der Waals surface area (Å²) in [6, 6.07) is 13.4. The van der Waals surface area contributed by atoms with Gasteiger partial charge in [0.05, 0.1) is 22.6 Å². The molecule has 0 radical (unpaired) electrons. The van der Waals surface area contributed by atoms with Gasteiger partial charge in [0.15, 0.2) is 0 Å².